The number of Topliss-reactive ketones (excluding diaryl/α,β-unsaturated/α-hetero) is 1. The molecule has 0 spiro atoms. The van der Waals surface area contributed by atoms with E-state index < -0.39 is 0 Å². The molecule has 2 nitrogen and oxygen atoms in total. The van der Waals surface area contributed by atoms with Gasteiger partial charge in [-0.2, -0.15) is 11.8 Å². The Bertz CT molecular complexity index is 397. The maximum atomic E-state index is 12.0. The first kappa shape index (κ1) is 15.5. The lowest BCUT2D eigenvalue weighted by Crippen LogP contribution is -2.32. The Hall–Kier alpha value is -0.510. The Kier molecular flexibility index (Phi) is 6.76. The van der Waals surface area contributed by atoms with E-state index in [1.807, 2.05) is 23.9 Å². The van der Waals surface area contributed by atoms with Gasteiger partial charge in [-0.1, -0.05) is 23.7 Å². The highest BCUT2D eigenvalue weighted by atomic mass is 35.5. The minimum Gasteiger partial charge on any atom is -0.302 e. The number of hydrogen-bond acceptors (Lipinski definition) is 3. The van der Waals surface area contributed by atoms with Gasteiger partial charge in [0, 0.05) is 35.3 Å². The second-order valence-electron chi connectivity index (χ2n) is 4.47. The fourth-order valence-corrected chi connectivity index (χ4v) is 2.60. The van der Waals surface area contributed by atoms with Crippen LogP contribution in [0.5, 0.6) is 0 Å². The largest absolute Gasteiger partial charge is 0.302 e. The number of benzene rings is 1. The van der Waals surface area contributed by atoms with Crippen LogP contribution >= 0.6 is 23.4 Å². The summed E-state index contributed by atoms with van der Waals surface area (Å²) in [6.45, 7) is 2.97. The third-order valence-corrected chi connectivity index (χ3v) is 4.05. The van der Waals surface area contributed by atoms with Crippen molar-refractivity contribution in [1.82, 2.24) is 4.90 Å². The van der Waals surface area contributed by atoms with E-state index in [1.54, 1.807) is 12.1 Å². The first-order valence-corrected chi connectivity index (χ1v) is 7.79. The van der Waals surface area contributed by atoms with Gasteiger partial charge in [-0.05, 0) is 32.4 Å². The van der Waals surface area contributed by atoms with Crippen molar-refractivity contribution in [2.24, 2.45) is 0 Å². The first-order chi connectivity index (χ1) is 8.54. The van der Waals surface area contributed by atoms with Crippen molar-refractivity contribution in [3.8, 4) is 0 Å². The van der Waals surface area contributed by atoms with E-state index >= 15 is 0 Å². The van der Waals surface area contributed by atoms with Gasteiger partial charge in [0.25, 0.3) is 0 Å². The predicted octanol–water partition coefficient (Wildman–Crippen LogP) is 3.60. The third-order valence-electron chi connectivity index (χ3n) is 3.00. The van der Waals surface area contributed by atoms with E-state index in [0.29, 0.717) is 23.0 Å². The highest BCUT2D eigenvalue weighted by Gasteiger charge is 2.11. The van der Waals surface area contributed by atoms with Crippen molar-refractivity contribution in [3.05, 3.63) is 34.9 Å². The fraction of sp³-hybridized carbons (Fsp3) is 0.500. The molecule has 0 aliphatic heterocycles. The molecule has 0 saturated carbocycles. The molecule has 0 amide bonds. The first-order valence-electron chi connectivity index (χ1n) is 6.02. The molecule has 0 aliphatic carbocycles. The molecular formula is C14H20ClNOS. The monoisotopic (exact) mass is 285 g/mol. The maximum absolute atomic E-state index is 12.0. The van der Waals surface area contributed by atoms with Gasteiger partial charge in [-0.15, -0.1) is 0 Å². The molecule has 4 heteroatoms. The minimum atomic E-state index is 0.153. The van der Waals surface area contributed by atoms with Crippen molar-refractivity contribution in [2.75, 3.05) is 25.6 Å². The van der Waals surface area contributed by atoms with Crippen LogP contribution in [0.15, 0.2) is 24.3 Å². The molecule has 0 bridgehead atoms. The second-order valence-corrected chi connectivity index (χ2v) is 5.82. The number of thioether (sulfide) groups is 1. The summed E-state index contributed by atoms with van der Waals surface area (Å²) in [4.78, 5) is 14.2. The van der Waals surface area contributed by atoms with E-state index in [2.05, 4.69) is 25.1 Å². The average Bonchev–Trinajstić information content (AvgIpc) is 2.35. The molecule has 0 heterocycles. The van der Waals surface area contributed by atoms with Crippen LogP contribution in [0.1, 0.15) is 23.7 Å². The van der Waals surface area contributed by atoms with Crippen LogP contribution in [0.2, 0.25) is 5.02 Å². The summed E-state index contributed by atoms with van der Waals surface area (Å²) < 4.78 is 0. The predicted molar refractivity (Wildman–Crippen MR) is 80.9 cm³/mol. The smallest absolute Gasteiger partial charge is 0.164 e. The molecule has 0 N–H and O–H groups in total. The normalized spacial score (nSPS) is 12.7. The van der Waals surface area contributed by atoms with Crippen LogP contribution in [-0.2, 0) is 0 Å². The number of hydrogen-bond donors (Lipinski definition) is 0. The van der Waals surface area contributed by atoms with Gasteiger partial charge < -0.3 is 4.90 Å². The molecule has 100 valence electrons. The van der Waals surface area contributed by atoms with Crippen LogP contribution < -0.4 is 0 Å². The fourth-order valence-electron chi connectivity index (χ4n) is 1.67. The number of rotatable bonds is 7. The van der Waals surface area contributed by atoms with Gasteiger partial charge in [0.15, 0.2) is 5.78 Å². The SMILES string of the molecule is CSCC(C)N(C)CCC(=O)c1cccc(Cl)c1. The Morgan fingerprint density at radius 2 is 2.22 bits per heavy atom. The average molecular weight is 286 g/mol. The Morgan fingerprint density at radius 3 is 2.83 bits per heavy atom. The Morgan fingerprint density at radius 1 is 1.50 bits per heavy atom. The number of carbonyl (C=O) groups excluding carboxylic acids is 1. The summed E-state index contributed by atoms with van der Waals surface area (Å²) in [5.74, 6) is 1.24. The highest BCUT2D eigenvalue weighted by Crippen LogP contribution is 2.13. The third kappa shape index (κ3) is 5.01. The zero-order valence-corrected chi connectivity index (χ0v) is 12.7. The zero-order valence-electron chi connectivity index (χ0n) is 11.1. The lowest BCUT2D eigenvalue weighted by Gasteiger charge is -2.23. The van der Waals surface area contributed by atoms with Crippen LogP contribution in [0.4, 0.5) is 0 Å². The summed E-state index contributed by atoms with van der Waals surface area (Å²) in [6.07, 6.45) is 2.64. The Balaban J connectivity index is 2.46. The molecule has 1 rings (SSSR count). The van der Waals surface area contributed by atoms with E-state index in [4.69, 9.17) is 11.6 Å². The molecule has 0 radical (unpaired) electrons. The van der Waals surface area contributed by atoms with Crippen LogP contribution in [-0.4, -0.2) is 42.3 Å². The van der Waals surface area contributed by atoms with Gasteiger partial charge in [0.05, 0.1) is 0 Å². The molecule has 18 heavy (non-hydrogen) atoms. The van der Waals surface area contributed by atoms with Gasteiger partial charge in [-0.3, -0.25) is 4.79 Å². The van der Waals surface area contributed by atoms with Crippen LogP contribution in [0.3, 0.4) is 0 Å². The summed E-state index contributed by atoms with van der Waals surface area (Å²) in [6, 6.07) is 7.64. The number of ketones is 1. The Labute approximate surface area is 119 Å². The number of halogens is 1. The van der Waals surface area contributed by atoms with E-state index in [1.165, 1.54) is 0 Å². The molecule has 1 atom stereocenters. The standard InChI is InChI=1S/C14H20ClNOS/c1-11(10-18-3)16(2)8-7-14(17)12-5-4-6-13(15)9-12/h4-6,9,11H,7-8,10H2,1-3H3. The summed E-state index contributed by atoms with van der Waals surface area (Å²) in [5.41, 5.74) is 0.702. The van der Waals surface area contributed by atoms with Crippen molar-refractivity contribution < 1.29 is 4.79 Å². The molecule has 0 aliphatic rings. The highest BCUT2D eigenvalue weighted by molar-refractivity contribution is 7.98. The van der Waals surface area contributed by atoms with E-state index in [9.17, 15) is 4.79 Å². The quantitative estimate of drug-likeness (QED) is 0.714. The lowest BCUT2D eigenvalue weighted by atomic mass is 10.1. The topological polar surface area (TPSA) is 20.3 Å². The zero-order chi connectivity index (χ0) is 13.5. The van der Waals surface area contributed by atoms with Gasteiger partial charge in [-0.25, -0.2) is 0 Å². The van der Waals surface area contributed by atoms with Crippen LogP contribution in [0.25, 0.3) is 0 Å². The van der Waals surface area contributed by atoms with E-state index in [-0.39, 0.29) is 5.78 Å². The van der Waals surface area contributed by atoms with Crippen molar-refractivity contribution in [1.29, 1.82) is 0 Å². The molecule has 0 saturated heterocycles. The molecule has 1 aromatic carbocycles. The molecule has 0 fully saturated rings. The summed E-state index contributed by atoms with van der Waals surface area (Å²) >= 11 is 7.70. The van der Waals surface area contributed by atoms with Gasteiger partial charge >= 0.3 is 0 Å². The van der Waals surface area contributed by atoms with Crippen molar-refractivity contribution >= 4 is 29.1 Å². The second kappa shape index (κ2) is 7.82. The van der Waals surface area contributed by atoms with Crippen molar-refractivity contribution in [3.63, 3.8) is 0 Å². The van der Waals surface area contributed by atoms with Gasteiger partial charge in [0.1, 0.15) is 0 Å². The van der Waals surface area contributed by atoms with E-state index in [0.717, 1.165) is 12.3 Å². The van der Waals surface area contributed by atoms with Crippen LogP contribution in [0, 0.1) is 0 Å². The summed E-state index contributed by atoms with van der Waals surface area (Å²) in [7, 11) is 2.06. The van der Waals surface area contributed by atoms with Gasteiger partial charge in [0.2, 0.25) is 0 Å². The number of carbonyl (C=O) groups is 1. The number of nitrogens with zero attached hydrogens (tertiary/aromatic N) is 1. The maximum Gasteiger partial charge on any atom is 0.164 e. The minimum absolute atomic E-state index is 0.153. The lowest BCUT2D eigenvalue weighted by molar-refractivity contribution is 0.0964. The molecular weight excluding hydrogens is 266 g/mol. The molecule has 1 aromatic rings. The molecule has 0 aromatic heterocycles. The molecule has 1 unspecified atom stereocenters. The van der Waals surface area contributed by atoms with Crippen molar-refractivity contribution in [2.45, 2.75) is 19.4 Å². The summed E-state index contributed by atoms with van der Waals surface area (Å²) in [5, 5.41) is 0.616.